The standard InChI is InChI=1S/C25H27NO2/c27-24-13-7-8-20(18-24)19-26-16-14-23(15-17-26)25(28,21-9-3-1-4-10-21)22-11-5-2-6-12-22/h1-13,18,23,27-28H,14-17,19H2. The van der Waals surface area contributed by atoms with E-state index in [0.29, 0.717) is 5.75 Å². The summed E-state index contributed by atoms with van der Waals surface area (Å²) in [7, 11) is 0. The van der Waals surface area contributed by atoms with E-state index in [9.17, 15) is 10.2 Å². The highest BCUT2D eigenvalue weighted by molar-refractivity contribution is 5.37. The Hall–Kier alpha value is -2.62. The summed E-state index contributed by atoms with van der Waals surface area (Å²) in [6, 6.07) is 27.6. The predicted octanol–water partition coefficient (Wildman–Crippen LogP) is 4.54. The number of piperidine rings is 1. The zero-order chi connectivity index (χ0) is 19.4. The maximum atomic E-state index is 11.9. The van der Waals surface area contributed by atoms with E-state index in [4.69, 9.17) is 0 Å². The van der Waals surface area contributed by atoms with E-state index in [0.717, 1.165) is 49.2 Å². The first-order chi connectivity index (χ1) is 13.7. The van der Waals surface area contributed by atoms with Crippen LogP contribution < -0.4 is 0 Å². The number of phenols is 1. The number of hydrogen-bond donors (Lipinski definition) is 2. The molecule has 2 N–H and O–H groups in total. The van der Waals surface area contributed by atoms with Crippen molar-refractivity contribution >= 4 is 0 Å². The summed E-state index contributed by atoms with van der Waals surface area (Å²) in [5.74, 6) is 0.479. The normalized spacial score (nSPS) is 16.2. The fraction of sp³-hybridized carbons (Fsp3) is 0.280. The number of likely N-dealkylation sites (tertiary alicyclic amines) is 1. The third kappa shape index (κ3) is 3.82. The molecular weight excluding hydrogens is 346 g/mol. The Morgan fingerprint density at radius 2 is 1.36 bits per heavy atom. The quantitative estimate of drug-likeness (QED) is 0.690. The van der Waals surface area contributed by atoms with Crippen LogP contribution in [0.2, 0.25) is 0 Å². The van der Waals surface area contributed by atoms with Crippen molar-refractivity contribution in [1.29, 1.82) is 0 Å². The molecule has 3 nitrogen and oxygen atoms in total. The van der Waals surface area contributed by atoms with Crippen LogP contribution in [0, 0.1) is 5.92 Å². The lowest BCUT2D eigenvalue weighted by molar-refractivity contribution is -0.0152. The molecule has 1 aliphatic rings. The highest BCUT2D eigenvalue weighted by atomic mass is 16.3. The molecule has 28 heavy (non-hydrogen) atoms. The van der Waals surface area contributed by atoms with Gasteiger partial charge in [0.15, 0.2) is 0 Å². The Kier molecular flexibility index (Phi) is 5.47. The van der Waals surface area contributed by atoms with Crippen molar-refractivity contribution in [1.82, 2.24) is 4.90 Å². The second-order valence-electron chi connectivity index (χ2n) is 7.72. The lowest BCUT2D eigenvalue weighted by Gasteiger charge is -2.42. The first-order valence-electron chi connectivity index (χ1n) is 10.00. The van der Waals surface area contributed by atoms with E-state index in [1.165, 1.54) is 0 Å². The van der Waals surface area contributed by atoms with Crippen LogP contribution in [0.5, 0.6) is 5.75 Å². The van der Waals surface area contributed by atoms with Gasteiger partial charge in [-0.2, -0.15) is 0 Å². The van der Waals surface area contributed by atoms with E-state index < -0.39 is 5.60 Å². The fourth-order valence-corrected chi connectivity index (χ4v) is 4.44. The van der Waals surface area contributed by atoms with Crippen molar-refractivity contribution < 1.29 is 10.2 Å². The van der Waals surface area contributed by atoms with Crippen LogP contribution in [-0.2, 0) is 12.1 Å². The van der Waals surface area contributed by atoms with Gasteiger partial charge in [-0.15, -0.1) is 0 Å². The van der Waals surface area contributed by atoms with Crippen LogP contribution in [0.4, 0.5) is 0 Å². The zero-order valence-electron chi connectivity index (χ0n) is 16.0. The van der Waals surface area contributed by atoms with Gasteiger partial charge in [0.2, 0.25) is 0 Å². The molecule has 0 aromatic heterocycles. The Bertz CT molecular complexity index is 847. The molecule has 0 spiro atoms. The summed E-state index contributed by atoms with van der Waals surface area (Å²) in [5, 5.41) is 21.6. The molecule has 0 saturated carbocycles. The number of benzene rings is 3. The van der Waals surface area contributed by atoms with E-state index in [2.05, 4.69) is 11.0 Å². The monoisotopic (exact) mass is 373 g/mol. The first kappa shape index (κ1) is 18.7. The number of hydrogen-bond acceptors (Lipinski definition) is 3. The van der Waals surface area contributed by atoms with Crippen molar-refractivity contribution in [3.63, 3.8) is 0 Å². The average Bonchev–Trinajstić information content (AvgIpc) is 2.75. The number of rotatable bonds is 5. The molecule has 1 saturated heterocycles. The van der Waals surface area contributed by atoms with E-state index in [1.807, 2.05) is 72.8 Å². The van der Waals surface area contributed by atoms with Gasteiger partial charge in [0, 0.05) is 6.54 Å². The summed E-state index contributed by atoms with van der Waals surface area (Å²) in [6.45, 7) is 2.70. The summed E-state index contributed by atoms with van der Waals surface area (Å²) >= 11 is 0. The lowest BCUT2D eigenvalue weighted by atomic mass is 9.72. The van der Waals surface area contributed by atoms with Crippen molar-refractivity contribution in [2.75, 3.05) is 13.1 Å². The maximum absolute atomic E-state index is 11.9. The molecule has 144 valence electrons. The summed E-state index contributed by atoms with van der Waals surface area (Å²) < 4.78 is 0. The predicted molar refractivity (Wildman–Crippen MR) is 112 cm³/mol. The van der Waals surface area contributed by atoms with Gasteiger partial charge in [-0.1, -0.05) is 72.8 Å². The van der Waals surface area contributed by atoms with Crippen LogP contribution in [-0.4, -0.2) is 28.2 Å². The Morgan fingerprint density at radius 1 is 0.786 bits per heavy atom. The van der Waals surface area contributed by atoms with Crippen molar-refractivity contribution in [2.45, 2.75) is 25.0 Å². The van der Waals surface area contributed by atoms with Gasteiger partial charge in [-0.25, -0.2) is 0 Å². The largest absolute Gasteiger partial charge is 0.508 e. The maximum Gasteiger partial charge on any atom is 0.117 e. The van der Waals surface area contributed by atoms with E-state index >= 15 is 0 Å². The number of nitrogens with zero attached hydrogens (tertiary/aromatic N) is 1. The molecule has 1 heterocycles. The minimum absolute atomic E-state index is 0.165. The van der Waals surface area contributed by atoms with Gasteiger partial charge in [0.25, 0.3) is 0 Å². The first-order valence-corrected chi connectivity index (χ1v) is 10.00. The van der Waals surface area contributed by atoms with Gasteiger partial charge in [-0.05, 0) is 60.7 Å². The number of aliphatic hydroxyl groups is 1. The SMILES string of the molecule is Oc1cccc(CN2CCC(C(O)(c3ccccc3)c3ccccc3)CC2)c1. The molecule has 0 atom stereocenters. The number of phenolic OH excluding ortho intramolecular Hbond substituents is 1. The zero-order valence-corrected chi connectivity index (χ0v) is 16.0. The molecule has 0 bridgehead atoms. The Morgan fingerprint density at radius 3 is 1.89 bits per heavy atom. The summed E-state index contributed by atoms with van der Waals surface area (Å²) in [5.41, 5.74) is 2.08. The molecule has 4 rings (SSSR count). The molecule has 3 aromatic carbocycles. The molecule has 0 aliphatic carbocycles. The minimum atomic E-state index is -0.973. The van der Waals surface area contributed by atoms with Crippen LogP contribution in [0.1, 0.15) is 29.5 Å². The van der Waals surface area contributed by atoms with Gasteiger partial charge in [0.1, 0.15) is 11.4 Å². The lowest BCUT2D eigenvalue weighted by Crippen LogP contribution is -2.44. The Labute approximate surface area is 166 Å². The molecule has 0 unspecified atom stereocenters. The topological polar surface area (TPSA) is 43.7 Å². The average molecular weight is 373 g/mol. The van der Waals surface area contributed by atoms with E-state index in [1.54, 1.807) is 6.07 Å². The van der Waals surface area contributed by atoms with Crippen LogP contribution >= 0.6 is 0 Å². The van der Waals surface area contributed by atoms with Crippen molar-refractivity contribution in [2.24, 2.45) is 5.92 Å². The minimum Gasteiger partial charge on any atom is -0.508 e. The summed E-state index contributed by atoms with van der Waals surface area (Å²) in [6.07, 6.45) is 1.86. The third-order valence-corrected chi connectivity index (χ3v) is 5.92. The molecule has 0 amide bonds. The molecule has 1 aliphatic heterocycles. The van der Waals surface area contributed by atoms with Crippen molar-refractivity contribution in [3.05, 3.63) is 102 Å². The molecule has 1 fully saturated rings. The molecule has 0 radical (unpaired) electrons. The van der Waals surface area contributed by atoms with Crippen molar-refractivity contribution in [3.8, 4) is 5.75 Å². The highest BCUT2D eigenvalue weighted by Crippen LogP contribution is 2.42. The molecule has 3 heteroatoms. The van der Waals surface area contributed by atoms with Gasteiger partial charge < -0.3 is 10.2 Å². The van der Waals surface area contributed by atoms with Gasteiger partial charge in [-0.3, -0.25) is 4.90 Å². The smallest absolute Gasteiger partial charge is 0.117 e. The van der Waals surface area contributed by atoms with E-state index in [-0.39, 0.29) is 5.92 Å². The highest BCUT2D eigenvalue weighted by Gasteiger charge is 2.41. The Balaban J connectivity index is 1.53. The fourth-order valence-electron chi connectivity index (χ4n) is 4.44. The number of aromatic hydroxyl groups is 1. The second kappa shape index (κ2) is 8.17. The third-order valence-electron chi connectivity index (χ3n) is 5.92. The second-order valence-corrected chi connectivity index (χ2v) is 7.72. The summed E-state index contributed by atoms with van der Waals surface area (Å²) in [4.78, 5) is 2.40. The van der Waals surface area contributed by atoms with Crippen LogP contribution in [0.15, 0.2) is 84.9 Å². The van der Waals surface area contributed by atoms with Gasteiger partial charge in [0.05, 0.1) is 0 Å². The van der Waals surface area contributed by atoms with Crippen LogP contribution in [0.25, 0.3) is 0 Å². The molecule has 3 aromatic rings. The van der Waals surface area contributed by atoms with Crippen LogP contribution in [0.3, 0.4) is 0 Å². The molecular formula is C25H27NO2. The van der Waals surface area contributed by atoms with Gasteiger partial charge >= 0.3 is 0 Å².